The van der Waals surface area contributed by atoms with Crippen LogP contribution in [0.4, 0.5) is 0 Å². The molecule has 390 valence electrons. The first kappa shape index (κ1) is 18.8. The van der Waals surface area contributed by atoms with Crippen molar-refractivity contribution in [3.63, 3.8) is 0 Å². The fraction of sp³-hybridized carbons (Fsp3) is 0.0127. The van der Waals surface area contributed by atoms with Crippen LogP contribution >= 0.6 is 0 Å². The zero-order valence-corrected chi connectivity index (χ0v) is 42.5. The van der Waals surface area contributed by atoms with Crippen molar-refractivity contribution in [3.05, 3.63) is 320 Å². The zero-order chi connectivity index (χ0) is 101. The molecule has 13 aromatic carbocycles. The van der Waals surface area contributed by atoms with Gasteiger partial charge in [-0.2, -0.15) is 0 Å². The van der Waals surface area contributed by atoms with E-state index in [1.807, 2.05) is 0 Å². The van der Waals surface area contributed by atoms with E-state index in [9.17, 15) is 42.5 Å². The van der Waals surface area contributed by atoms with Crippen LogP contribution in [0.15, 0.2) is 314 Å². The second-order valence-corrected chi connectivity index (χ2v) is 21.4. The molecule has 0 fully saturated rings. The highest BCUT2D eigenvalue weighted by Crippen LogP contribution is 2.42. The third-order valence-electron chi connectivity index (χ3n) is 13.5. The molecule has 0 saturated heterocycles. The summed E-state index contributed by atoms with van der Waals surface area (Å²) in [5.41, 5.74) is -16.7. The first-order chi connectivity index (χ1) is 63.3. The number of fused-ring (bicyclic) bond motifs is 9. The van der Waals surface area contributed by atoms with Crippen molar-refractivity contribution < 1.29 is 72.7 Å². The van der Waals surface area contributed by atoms with Crippen LogP contribution in [0.5, 0.6) is 0 Å². The number of hydrogen-bond donors (Lipinski definition) is 0. The SMILES string of the molecule is [2H]Cc1c([2H])c(-c2c([2H])c([2H])c([2H])c(-c3c([2H])c([2H])c([2H])c([2H])c3[2H])c2[2H])c([2H])c([2H])c1-n1c2c([2H])c([2H])c([2H])c([2H])c2c2c([2H])c(-n3c4c([2H])c([2H])c([2H])c([2H])c4c4c([2H])c([2H])c(-c5c([2H])c([2H])c([2H])c([2H])c5-n5c6c([2H])c([2H])c([2H])c([2H])c6c6c([2H])c([Si](c7c([2H])c([2H])c([2H])c([2H])c7[2H])(c7c([2H])c([2H])c([2H])c([2H])c7[2H])c7c([2H])c([2H])c([2H])c([2H])c7[2H])c([2H])c([2H])c65)c([2H])c43)c([2H])c([2H])c21. The van der Waals surface area contributed by atoms with Crippen molar-refractivity contribution in [2.45, 2.75) is 6.90 Å². The van der Waals surface area contributed by atoms with E-state index in [1.54, 1.807) is 0 Å². The molecule has 3 aromatic heterocycles. The maximum Gasteiger partial charge on any atom is 0.179 e. The van der Waals surface area contributed by atoms with Crippen LogP contribution in [0.2, 0.25) is 0 Å². The summed E-state index contributed by atoms with van der Waals surface area (Å²) in [6.45, 7) is -1.26. The van der Waals surface area contributed by atoms with E-state index in [4.69, 9.17) is 30.2 Å². The molecule has 0 saturated carbocycles. The molecule has 0 aliphatic rings. The Labute approximate surface area is 558 Å². The van der Waals surface area contributed by atoms with Crippen LogP contribution in [-0.4, -0.2) is 21.8 Å². The third-order valence-corrected chi connectivity index (χ3v) is 17.5. The number of para-hydroxylation sites is 4. The molecule has 0 aliphatic carbocycles. The minimum atomic E-state index is -6.77. The van der Waals surface area contributed by atoms with Gasteiger partial charge in [-0.3, -0.25) is 0 Å². The van der Waals surface area contributed by atoms with Crippen LogP contribution < -0.4 is 20.7 Å². The van der Waals surface area contributed by atoms with Crippen molar-refractivity contribution in [2.24, 2.45) is 0 Å². The molecule has 0 aliphatic heterocycles. The van der Waals surface area contributed by atoms with E-state index in [0.717, 1.165) is 0 Å². The van der Waals surface area contributed by atoms with Crippen LogP contribution in [-0.2, 0) is 0 Å². The molecule has 0 N–H and O–H groups in total. The van der Waals surface area contributed by atoms with Gasteiger partial charge in [0.25, 0.3) is 0 Å². The number of rotatable bonds is 10. The predicted octanol–water partition coefficient (Wildman–Crippen LogP) is 17.7. The normalized spacial score (nSPS) is 20.8. The molecule has 16 rings (SSSR count). The van der Waals surface area contributed by atoms with Gasteiger partial charge >= 0.3 is 0 Å². The summed E-state index contributed by atoms with van der Waals surface area (Å²) in [4.78, 5) is 0. The number of benzene rings is 13. The Hall–Kier alpha value is -10.5. The molecule has 3 heterocycles. The number of nitrogens with zero attached hydrogens (tertiary/aromatic N) is 3. The standard InChI is InChI=1S/C79H55N3Si/c1-54-49-58(57-26-22-25-56(50-57)55-23-6-2-7-24-55)42-46-72(54)81-75-39-20-16-35-67(75)70-52-60(43-47-77(70)81)80-74-38-19-15-34-66(74)69-45-41-59(51-79(69)80)65-33-14-18-37-73(65)82-76-40-21-17-36-68(76)71-53-64(44-48-78(71)82)83(61-27-8-3-9-28-61,62-29-10-4-11-30-62)63-31-12-5-13-32-63/h2-53H,1H3/i1D,2D,3D,4D,5D,6D,7D,8D,9D,10D,11D,12D,13D,14D,15D,16D,17D,18D,19D,20D,21D,22D,23D,24D,25D,26D,27D,28D,29D,30D,31D,32D,33D,34D,35D,36D,37D,38D,39D,40D,41D,42D,43D,44D,45D,46D,47D,48D,49D,50D,51D,52D,53D. The van der Waals surface area contributed by atoms with Crippen LogP contribution in [0.25, 0.3) is 116 Å². The lowest BCUT2D eigenvalue weighted by Gasteiger charge is -2.34. The summed E-state index contributed by atoms with van der Waals surface area (Å²) < 4.78 is 505. The van der Waals surface area contributed by atoms with Crippen molar-refractivity contribution >= 4 is 94.2 Å². The van der Waals surface area contributed by atoms with Crippen molar-refractivity contribution in [1.82, 2.24) is 13.7 Å². The van der Waals surface area contributed by atoms with Gasteiger partial charge in [0.05, 0.1) is 110 Å². The van der Waals surface area contributed by atoms with Gasteiger partial charge in [0.1, 0.15) is 0 Å². The highest BCUT2D eigenvalue weighted by atomic mass is 28.3. The largest absolute Gasteiger partial charge is 0.309 e. The average Bonchev–Trinajstić information content (AvgIpc) is 1.44. The van der Waals surface area contributed by atoms with Gasteiger partial charge in [0.15, 0.2) is 8.07 Å². The lowest BCUT2D eigenvalue weighted by molar-refractivity contribution is 1.14. The molecule has 0 atom stereocenters. The van der Waals surface area contributed by atoms with Gasteiger partial charge in [-0.05, 0) is 134 Å². The summed E-state index contributed by atoms with van der Waals surface area (Å²) in [6, 6.07) is -65.8. The predicted molar refractivity (Wildman–Crippen MR) is 354 cm³/mol. The molecule has 0 bridgehead atoms. The van der Waals surface area contributed by atoms with E-state index in [1.165, 1.54) is 0 Å². The number of hydrogen-bond acceptors (Lipinski definition) is 0. The molecule has 16 aromatic rings. The van der Waals surface area contributed by atoms with E-state index in [0.29, 0.717) is 13.7 Å². The zero-order valence-electron chi connectivity index (χ0n) is 94.5. The minimum absolute atomic E-state index is 0.398. The Morgan fingerprint density at radius 3 is 1.36 bits per heavy atom. The van der Waals surface area contributed by atoms with Crippen molar-refractivity contribution in [3.8, 4) is 50.4 Å². The van der Waals surface area contributed by atoms with Gasteiger partial charge in [0, 0.05) is 50.6 Å². The maximum atomic E-state index is 10.8. The molecule has 3 nitrogen and oxygen atoms in total. The second kappa shape index (κ2) is 19.6. The fourth-order valence-corrected chi connectivity index (χ4v) is 13.6. The van der Waals surface area contributed by atoms with Gasteiger partial charge in [-0.15, -0.1) is 0 Å². The lowest BCUT2D eigenvalue weighted by Crippen LogP contribution is -2.74. The van der Waals surface area contributed by atoms with E-state index < -0.39 is 471 Å². The summed E-state index contributed by atoms with van der Waals surface area (Å²) in [5, 5.41) is -11.2. The van der Waals surface area contributed by atoms with Gasteiger partial charge < -0.3 is 13.7 Å². The molecule has 0 radical (unpaired) electrons. The molecule has 0 spiro atoms. The highest BCUT2D eigenvalue weighted by molar-refractivity contribution is 7.20. The van der Waals surface area contributed by atoms with E-state index in [-0.39, 0.29) is 0 Å². The molecule has 0 unspecified atom stereocenters. The van der Waals surface area contributed by atoms with Crippen molar-refractivity contribution in [1.29, 1.82) is 0 Å². The van der Waals surface area contributed by atoms with Crippen LogP contribution in [0.1, 0.15) is 78.2 Å². The Balaban J connectivity index is 1.08. The monoisotopic (exact) mass is 1130 g/mol. The summed E-state index contributed by atoms with van der Waals surface area (Å²) in [6.07, 6.45) is 0. The lowest BCUT2D eigenvalue weighted by atomic mass is 9.97. The maximum absolute atomic E-state index is 10.8. The quantitative estimate of drug-likeness (QED) is 0.0958. The molecule has 4 heteroatoms. The summed E-state index contributed by atoms with van der Waals surface area (Å²) in [5.74, 6) is 0. The van der Waals surface area contributed by atoms with E-state index in [2.05, 4.69) is 0 Å². The van der Waals surface area contributed by atoms with E-state index >= 15 is 0 Å². The van der Waals surface area contributed by atoms with Crippen LogP contribution in [0.3, 0.4) is 0 Å². The average molecular weight is 1130 g/mol. The summed E-state index contributed by atoms with van der Waals surface area (Å²) >= 11 is 0. The Morgan fingerprint density at radius 2 is 0.723 bits per heavy atom. The Kier molecular flexibility index (Phi) is 4.44. The molecular weight excluding hydrogens is 1020 g/mol. The fourth-order valence-electron chi connectivity index (χ4n) is 10.1. The third kappa shape index (κ3) is 7.71. The number of aromatic nitrogens is 3. The smallest absolute Gasteiger partial charge is 0.179 e. The Morgan fingerprint density at radius 1 is 0.265 bits per heavy atom. The van der Waals surface area contributed by atoms with Gasteiger partial charge in [-0.25, -0.2) is 0 Å². The van der Waals surface area contributed by atoms with Crippen molar-refractivity contribution in [2.75, 3.05) is 0 Å². The minimum Gasteiger partial charge on any atom is -0.309 e. The summed E-state index contributed by atoms with van der Waals surface area (Å²) in [7, 11) is -6.77. The van der Waals surface area contributed by atoms with Gasteiger partial charge in [0.2, 0.25) is 0 Å². The molecular formula is C79H55N3Si. The molecule has 0 amide bonds. The second-order valence-electron chi connectivity index (χ2n) is 17.9. The topological polar surface area (TPSA) is 14.8 Å². The Bertz CT molecular complexity index is 8130. The van der Waals surface area contributed by atoms with Crippen LogP contribution in [0, 0.1) is 6.90 Å². The molecule has 83 heavy (non-hydrogen) atoms. The van der Waals surface area contributed by atoms with Gasteiger partial charge in [-0.1, -0.05) is 242 Å². The first-order valence-corrected chi connectivity index (χ1v) is 26.4. The highest BCUT2D eigenvalue weighted by Gasteiger charge is 2.41. The first-order valence-electron chi connectivity index (χ1n) is 51.1.